The van der Waals surface area contributed by atoms with Crippen molar-refractivity contribution in [1.82, 2.24) is 5.32 Å². The van der Waals surface area contributed by atoms with Crippen molar-refractivity contribution in [2.24, 2.45) is 0 Å². The first-order valence-corrected chi connectivity index (χ1v) is 6.53. The second-order valence-corrected chi connectivity index (χ2v) is 4.78. The van der Waals surface area contributed by atoms with E-state index in [9.17, 15) is 15.4 Å². The average Bonchev–Trinajstić information content (AvgIpc) is 2.50. The van der Waals surface area contributed by atoms with Gasteiger partial charge in [0.2, 0.25) is 0 Å². The van der Waals surface area contributed by atoms with Crippen molar-refractivity contribution in [3.63, 3.8) is 0 Å². The van der Waals surface area contributed by atoms with Gasteiger partial charge in [-0.1, -0.05) is 42.0 Å². The van der Waals surface area contributed by atoms with E-state index in [0.29, 0.717) is 12.1 Å². The van der Waals surface area contributed by atoms with E-state index in [1.54, 1.807) is 12.1 Å². The van der Waals surface area contributed by atoms with Gasteiger partial charge in [0.1, 0.15) is 6.04 Å². The second kappa shape index (κ2) is 6.64. The molecule has 2 aromatic rings. The molecule has 1 unspecified atom stereocenters. The Labute approximate surface area is 123 Å². The number of aryl methyl sites for hydroxylation is 1. The molecule has 0 fully saturated rings. The summed E-state index contributed by atoms with van der Waals surface area (Å²) in [7, 11) is 0. The topological polar surface area (TPSA) is 79.0 Å². The van der Waals surface area contributed by atoms with Crippen molar-refractivity contribution in [3.05, 3.63) is 75.3 Å². The number of nitro groups is 1. The first-order valence-electron chi connectivity index (χ1n) is 6.53. The van der Waals surface area contributed by atoms with Crippen LogP contribution in [-0.2, 0) is 6.54 Å². The van der Waals surface area contributed by atoms with Crippen molar-refractivity contribution in [2.45, 2.75) is 19.5 Å². The highest BCUT2D eigenvalue weighted by Gasteiger charge is 2.13. The molecule has 0 aromatic heterocycles. The number of hydrogen-bond donors (Lipinski definition) is 1. The van der Waals surface area contributed by atoms with Gasteiger partial charge in [0.15, 0.2) is 0 Å². The number of non-ortho nitro benzene ring substituents is 1. The zero-order chi connectivity index (χ0) is 15.2. The molecule has 0 aliphatic heterocycles. The van der Waals surface area contributed by atoms with Crippen LogP contribution in [0.5, 0.6) is 0 Å². The van der Waals surface area contributed by atoms with Gasteiger partial charge in [-0.15, -0.1) is 0 Å². The Kier molecular flexibility index (Phi) is 4.64. The van der Waals surface area contributed by atoms with E-state index in [2.05, 4.69) is 11.4 Å². The number of nitrogens with zero attached hydrogens (tertiary/aromatic N) is 2. The van der Waals surface area contributed by atoms with E-state index in [1.165, 1.54) is 17.7 Å². The van der Waals surface area contributed by atoms with Crippen LogP contribution in [0.4, 0.5) is 5.69 Å². The predicted octanol–water partition coefficient (Wildman–Crippen LogP) is 3.26. The van der Waals surface area contributed by atoms with Gasteiger partial charge in [0.25, 0.3) is 5.69 Å². The molecular weight excluding hydrogens is 266 g/mol. The van der Waals surface area contributed by atoms with E-state index < -0.39 is 11.0 Å². The molecule has 0 heterocycles. The summed E-state index contributed by atoms with van der Waals surface area (Å²) in [5, 5.41) is 23.1. The molecule has 0 aliphatic carbocycles. The SMILES string of the molecule is Cc1ccc(CNC(C#N)c2cccc([N+](=O)[O-])c2)cc1. The molecule has 0 spiro atoms. The monoisotopic (exact) mass is 281 g/mol. The van der Waals surface area contributed by atoms with E-state index in [1.807, 2.05) is 31.2 Å². The Morgan fingerprint density at radius 1 is 1.29 bits per heavy atom. The Hall–Kier alpha value is -2.71. The lowest BCUT2D eigenvalue weighted by molar-refractivity contribution is -0.384. The molecule has 0 saturated heterocycles. The maximum atomic E-state index is 10.8. The van der Waals surface area contributed by atoms with Crippen molar-refractivity contribution in [2.75, 3.05) is 0 Å². The highest BCUT2D eigenvalue weighted by molar-refractivity contribution is 5.37. The normalized spacial score (nSPS) is 11.6. The van der Waals surface area contributed by atoms with Crippen molar-refractivity contribution in [1.29, 1.82) is 5.26 Å². The van der Waals surface area contributed by atoms with Crippen LogP contribution in [-0.4, -0.2) is 4.92 Å². The molecule has 5 nitrogen and oxygen atoms in total. The standard InChI is InChI=1S/C16H15N3O2/c1-12-5-7-13(8-6-12)11-18-16(10-17)14-3-2-4-15(9-14)19(20)21/h2-9,16,18H,11H2,1H3. The van der Waals surface area contributed by atoms with Crippen LogP contribution in [0.15, 0.2) is 48.5 Å². The average molecular weight is 281 g/mol. The number of nitro benzene ring substituents is 1. The number of nitriles is 1. The molecular formula is C16H15N3O2. The summed E-state index contributed by atoms with van der Waals surface area (Å²) in [5.41, 5.74) is 2.82. The Bertz CT molecular complexity index is 675. The molecule has 0 aliphatic rings. The fraction of sp³-hybridized carbons (Fsp3) is 0.188. The number of benzene rings is 2. The molecule has 2 aromatic carbocycles. The van der Waals surface area contributed by atoms with Crippen LogP contribution < -0.4 is 5.32 Å². The lowest BCUT2D eigenvalue weighted by Gasteiger charge is -2.12. The van der Waals surface area contributed by atoms with Crippen molar-refractivity contribution >= 4 is 5.69 Å². The summed E-state index contributed by atoms with van der Waals surface area (Å²) < 4.78 is 0. The van der Waals surface area contributed by atoms with E-state index in [0.717, 1.165) is 5.56 Å². The highest BCUT2D eigenvalue weighted by Crippen LogP contribution is 2.19. The maximum Gasteiger partial charge on any atom is 0.269 e. The first kappa shape index (κ1) is 14.7. The van der Waals surface area contributed by atoms with Crippen LogP contribution in [0.25, 0.3) is 0 Å². The van der Waals surface area contributed by atoms with Crippen LogP contribution in [0.1, 0.15) is 22.7 Å². The Balaban J connectivity index is 2.10. The summed E-state index contributed by atoms with van der Waals surface area (Å²) in [6.45, 7) is 2.54. The fourth-order valence-electron chi connectivity index (χ4n) is 1.98. The molecule has 0 saturated carbocycles. The lowest BCUT2D eigenvalue weighted by atomic mass is 10.1. The van der Waals surface area contributed by atoms with Crippen LogP contribution >= 0.6 is 0 Å². The van der Waals surface area contributed by atoms with Crippen LogP contribution in [0.3, 0.4) is 0 Å². The van der Waals surface area contributed by atoms with E-state index in [-0.39, 0.29) is 5.69 Å². The van der Waals surface area contributed by atoms with Crippen LogP contribution in [0, 0.1) is 28.4 Å². The number of hydrogen-bond acceptors (Lipinski definition) is 4. The molecule has 5 heteroatoms. The van der Waals surface area contributed by atoms with Gasteiger partial charge in [0, 0.05) is 18.7 Å². The maximum absolute atomic E-state index is 10.8. The third-order valence-electron chi connectivity index (χ3n) is 3.17. The molecule has 0 amide bonds. The summed E-state index contributed by atoms with van der Waals surface area (Å²) in [6, 6.07) is 15.7. The summed E-state index contributed by atoms with van der Waals surface area (Å²) >= 11 is 0. The van der Waals surface area contributed by atoms with Gasteiger partial charge in [-0.3, -0.25) is 15.4 Å². The zero-order valence-corrected chi connectivity index (χ0v) is 11.6. The van der Waals surface area contributed by atoms with Gasteiger partial charge in [-0.25, -0.2) is 0 Å². The van der Waals surface area contributed by atoms with E-state index >= 15 is 0 Å². The third-order valence-corrected chi connectivity index (χ3v) is 3.17. The fourth-order valence-corrected chi connectivity index (χ4v) is 1.98. The van der Waals surface area contributed by atoms with Gasteiger partial charge in [-0.2, -0.15) is 5.26 Å². The van der Waals surface area contributed by atoms with Crippen molar-refractivity contribution in [3.8, 4) is 6.07 Å². The minimum Gasteiger partial charge on any atom is -0.294 e. The van der Waals surface area contributed by atoms with Crippen molar-refractivity contribution < 1.29 is 4.92 Å². The van der Waals surface area contributed by atoms with E-state index in [4.69, 9.17) is 0 Å². The predicted molar refractivity (Wildman–Crippen MR) is 79.5 cm³/mol. The second-order valence-electron chi connectivity index (χ2n) is 4.78. The molecule has 21 heavy (non-hydrogen) atoms. The largest absolute Gasteiger partial charge is 0.294 e. The number of nitrogens with one attached hydrogen (secondary N) is 1. The first-order chi connectivity index (χ1) is 10.1. The molecule has 0 bridgehead atoms. The molecule has 2 rings (SSSR count). The minimum absolute atomic E-state index is 0.00936. The van der Waals surface area contributed by atoms with Gasteiger partial charge < -0.3 is 0 Å². The van der Waals surface area contributed by atoms with Crippen LogP contribution in [0.2, 0.25) is 0 Å². The summed E-state index contributed by atoms with van der Waals surface area (Å²) in [4.78, 5) is 10.3. The minimum atomic E-state index is -0.578. The number of rotatable bonds is 5. The smallest absolute Gasteiger partial charge is 0.269 e. The third kappa shape index (κ3) is 3.88. The van der Waals surface area contributed by atoms with Gasteiger partial charge in [-0.05, 0) is 18.1 Å². The lowest BCUT2D eigenvalue weighted by Crippen LogP contribution is -2.19. The summed E-state index contributed by atoms with van der Waals surface area (Å²) in [5.74, 6) is 0. The quantitative estimate of drug-likeness (QED) is 0.674. The summed E-state index contributed by atoms with van der Waals surface area (Å²) in [6.07, 6.45) is 0. The molecule has 1 N–H and O–H groups in total. The van der Waals surface area contributed by atoms with Gasteiger partial charge >= 0.3 is 0 Å². The Morgan fingerprint density at radius 2 is 2.00 bits per heavy atom. The highest BCUT2D eigenvalue weighted by atomic mass is 16.6. The Morgan fingerprint density at radius 3 is 2.62 bits per heavy atom. The molecule has 0 radical (unpaired) electrons. The zero-order valence-electron chi connectivity index (χ0n) is 11.6. The van der Waals surface area contributed by atoms with Gasteiger partial charge in [0.05, 0.1) is 11.0 Å². The molecule has 106 valence electrons. The molecule has 1 atom stereocenters.